The van der Waals surface area contributed by atoms with E-state index in [4.69, 9.17) is 4.98 Å². The molecule has 4 rings (SSSR count). The van der Waals surface area contributed by atoms with Gasteiger partial charge in [-0.3, -0.25) is 4.79 Å². The van der Waals surface area contributed by atoms with E-state index in [0.717, 1.165) is 47.2 Å². The van der Waals surface area contributed by atoms with Crippen LogP contribution in [0.25, 0.3) is 11.3 Å². The quantitative estimate of drug-likeness (QED) is 0.617. The second kappa shape index (κ2) is 8.30. The molecule has 0 aliphatic carbocycles. The van der Waals surface area contributed by atoms with Crippen molar-refractivity contribution in [2.75, 3.05) is 13.1 Å². The summed E-state index contributed by atoms with van der Waals surface area (Å²) in [6.45, 7) is 9.61. The molecule has 158 valence electrons. The molecule has 0 spiro atoms. The minimum absolute atomic E-state index is 0.100. The predicted molar refractivity (Wildman–Crippen MR) is 117 cm³/mol. The molecule has 3 aromatic rings. The van der Waals surface area contributed by atoms with Crippen molar-refractivity contribution in [2.45, 2.75) is 53.0 Å². The highest BCUT2D eigenvalue weighted by atomic mass is 32.1. The number of aromatic nitrogens is 3. The van der Waals surface area contributed by atoms with Gasteiger partial charge in [-0.15, -0.1) is 11.3 Å². The average Bonchev–Trinajstić information content (AvgIpc) is 3.21. The number of hydrogen-bond acceptors (Lipinski definition) is 4. The van der Waals surface area contributed by atoms with E-state index in [1.807, 2.05) is 22.6 Å². The van der Waals surface area contributed by atoms with Crippen LogP contribution < -0.4 is 0 Å². The normalized spacial score (nSPS) is 14.1. The Labute approximate surface area is 180 Å². The van der Waals surface area contributed by atoms with Crippen LogP contribution in [-0.4, -0.2) is 38.4 Å². The Kier molecular flexibility index (Phi) is 5.73. The number of nitrogens with zero attached hydrogens (tertiary/aromatic N) is 4. The maximum atomic E-state index is 13.7. The summed E-state index contributed by atoms with van der Waals surface area (Å²) in [6.07, 6.45) is 3.60. The molecule has 1 aliphatic rings. The van der Waals surface area contributed by atoms with Crippen molar-refractivity contribution < 1.29 is 9.18 Å². The van der Waals surface area contributed by atoms with E-state index in [-0.39, 0.29) is 24.2 Å². The first kappa shape index (κ1) is 20.7. The summed E-state index contributed by atoms with van der Waals surface area (Å²) in [5, 5.41) is 1.10. The van der Waals surface area contributed by atoms with Gasteiger partial charge in [-0.2, -0.15) is 0 Å². The molecule has 0 unspecified atom stereocenters. The third kappa shape index (κ3) is 4.17. The van der Waals surface area contributed by atoms with Crippen molar-refractivity contribution in [3.05, 3.63) is 57.2 Å². The van der Waals surface area contributed by atoms with Crippen LogP contribution in [-0.2, 0) is 24.2 Å². The Morgan fingerprint density at radius 3 is 2.70 bits per heavy atom. The number of imidazole rings is 1. The van der Waals surface area contributed by atoms with Gasteiger partial charge in [0.25, 0.3) is 0 Å². The molecule has 0 saturated heterocycles. The van der Waals surface area contributed by atoms with Gasteiger partial charge in [-0.05, 0) is 37.6 Å². The molecule has 1 amide bonds. The SMILES string of the molecule is Cc1nc2c(s1)CCN(C(=O)Cn1cc(-c3ccc(F)c(C)c3)nc1C(C)C)CC2. The predicted octanol–water partition coefficient (Wildman–Crippen LogP) is 4.51. The molecule has 0 saturated carbocycles. The molecule has 0 bridgehead atoms. The number of amides is 1. The van der Waals surface area contributed by atoms with E-state index in [0.29, 0.717) is 12.1 Å². The largest absolute Gasteiger partial charge is 0.340 e. The molecule has 0 fully saturated rings. The highest BCUT2D eigenvalue weighted by molar-refractivity contribution is 7.11. The maximum absolute atomic E-state index is 13.7. The third-order valence-corrected chi connectivity index (χ3v) is 6.62. The van der Waals surface area contributed by atoms with Gasteiger partial charge >= 0.3 is 0 Å². The van der Waals surface area contributed by atoms with E-state index >= 15 is 0 Å². The molecule has 7 heteroatoms. The zero-order valence-electron chi connectivity index (χ0n) is 17.9. The fraction of sp³-hybridized carbons (Fsp3) is 0.435. The first-order valence-electron chi connectivity index (χ1n) is 10.4. The van der Waals surface area contributed by atoms with Gasteiger partial charge in [-0.25, -0.2) is 14.4 Å². The number of aryl methyl sites for hydroxylation is 2. The second-order valence-corrected chi connectivity index (χ2v) is 9.50. The zero-order valence-corrected chi connectivity index (χ0v) is 18.7. The zero-order chi connectivity index (χ0) is 21.4. The summed E-state index contributed by atoms with van der Waals surface area (Å²) >= 11 is 1.74. The number of hydrogen-bond donors (Lipinski definition) is 0. The highest BCUT2D eigenvalue weighted by Gasteiger charge is 2.23. The monoisotopic (exact) mass is 426 g/mol. The summed E-state index contributed by atoms with van der Waals surface area (Å²) < 4.78 is 15.6. The van der Waals surface area contributed by atoms with Crippen LogP contribution in [0.3, 0.4) is 0 Å². The first-order valence-corrected chi connectivity index (χ1v) is 11.2. The Bertz CT molecular complexity index is 1060. The van der Waals surface area contributed by atoms with Gasteiger partial charge in [0, 0.05) is 48.5 Å². The molecule has 5 nitrogen and oxygen atoms in total. The molecule has 3 heterocycles. The standard InChI is InChI=1S/C23H27FN4OS/c1-14(2)23-26-20(17-5-6-18(24)15(3)11-17)12-28(23)13-22(29)27-9-7-19-21(8-10-27)30-16(4)25-19/h5-6,11-12,14H,7-10,13H2,1-4H3. The number of benzene rings is 1. The first-order chi connectivity index (χ1) is 14.3. The Morgan fingerprint density at radius 2 is 1.97 bits per heavy atom. The fourth-order valence-corrected chi connectivity index (χ4v) is 4.92. The number of halogens is 1. The maximum Gasteiger partial charge on any atom is 0.242 e. The smallest absolute Gasteiger partial charge is 0.242 e. The summed E-state index contributed by atoms with van der Waals surface area (Å²) in [5.74, 6) is 0.919. The Morgan fingerprint density at radius 1 is 1.20 bits per heavy atom. The Hall–Kier alpha value is -2.54. The van der Waals surface area contributed by atoms with E-state index in [1.165, 1.54) is 10.9 Å². The van der Waals surface area contributed by atoms with Crippen molar-refractivity contribution in [1.82, 2.24) is 19.4 Å². The molecule has 0 atom stereocenters. The number of carbonyl (C=O) groups excluding carboxylic acids is 1. The lowest BCUT2D eigenvalue weighted by Crippen LogP contribution is -2.36. The molecular formula is C23H27FN4OS. The minimum Gasteiger partial charge on any atom is -0.340 e. The van der Waals surface area contributed by atoms with Crippen LogP contribution >= 0.6 is 11.3 Å². The van der Waals surface area contributed by atoms with Crippen LogP contribution in [0.4, 0.5) is 4.39 Å². The Balaban J connectivity index is 1.53. The van der Waals surface area contributed by atoms with Gasteiger partial charge in [0.05, 0.1) is 16.4 Å². The van der Waals surface area contributed by atoms with Gasteiger partial charge in [-0.1, -0.05) is 13.8 Å². The van der Waals surface area contributed by atoms with E-state index in [2.05, 4.69) is 18.8 Å². The molecule has 1 aromatic carbocycles. The van der Waals surface area contributed by atoms with E-state index in [9.17, 15) is 9.18 Å². The fourth-order valence-electron chi connectivity index (χ4n) is 3.95. The lowest BCUT2D eigenvalue weighted by atomic mass is 10.1. The average molecular weight is 427 g/mol. The van der Waals surface area contributed by atoms with Crippen molar-refractivity contribution in [3.8, 4) is 11.3 Å². The van der Waals surface area contributed by atoms with Crippen LogP contribution in [0.2, 0.25) is 0 Å². The number of thiazole rings is 1. The number of carbonyl (C=O) groups is 1. The van der Waals surface area contributed by atoms with Crippen LogP contribution in [0, 0.1) is 19.7 Å². The van der Waals surface area contributed by atoms with E-state index in [1.54, 1.807) is 30.4 Å². The van der Waals surface area contributed by atoms with Crippen molar-refractivity contribution in [3.63, 3.8) is 0 Å². The van der Waals surface area contributed by atoms with Crippen LogP contribution in [0.5, 0.6) is 0 Å². The molecule has 1 aliphatic heterocycles. The lowest BCUT2D eigenvalue weighted by molar-refractivity contribution is -0.131. The van der Waals surface area contributed by atoms with Crippen molar-refractivity contribution in [2.24, 2.45) is 0 Å². The van der Waals surface area contributed by atoms with Crippen molar-refractivity contribution in [1.29, 1.82) is 0 Å². The van der Waals surface area contributed by atoms with Gasteiger partial charge < -0.3 is 9.47 Å². The summed E-state index contributed by atoms with van der Waals surface area (Å²) in [6, 6.07) is 5.01. The highest BCUT2D eigenvalue weighted by Crippen LogP contribution is 2.25. The second-order valence-electron chi connectivity index (χ2n) is 8.21. The summed E-state index contributed by atoms with van der Waals surface area (Å²) in [7, 11) is 0. The summed E-state index contributed by atoms with van der Waals surface area (Å²) in [4.78, 5) is 25.7. The van der Waals surface area contributed by atoms with Crippen LogP contribution in [0.15, 0.2) is 24.4 Å². The third-order valence-electron chi connectivity index (χ3n) is 5.55. The molecular weight excluding hydrogens is 399 g/mol. The number of fused-ring (bicyclic) bond motifs is 1. The lowest BCUT2D eigenvalue weighted by Gasteiger charge is -2.21. The van der Waals surface area contributed by atoms with Gasteiger partial charge in [0.1, 0.15) is 18.2 Å². The topological polar surface area (TPSA) is 51.0 Å². The van der Waals surface area contributed by atoms with Gasteiger partial charge in [0.2, 0.25) is 5.91 Å². The number of rotatable bonds is 4. The minimum atomic E-state index is -0.225. The van der Waals surface area contributed by atoms with Crippen LogP contribution in [0.1, 0.15) is 46.7 Å². The van der Waals surface area contributed by atoms with E-state index < -0.39 is 0 Å². The van der Waals surface area contributed by atoms with Crippen molar-refractivity contribution >= 4 is 17.2 Å². The molecule has 0 radical (unpaired) electrons. The molecule has 30 heavy (non-hydrogen) atoms. The summed E-state index contributed by atoms with van der Waals surface area (Å²) in [5.41, 5.74) is 3.37. The molecule has 0 N–H and O–H groups in total. The van der Waals surface area contributed by atoms with Gasteiger partial charge in [0.15, 0.2) is 0 Å². The molecule has 2 aromatic heterocycles.